The number of esters is 3. The zero-order chi connectivity index (χ0) is 18.4. The van der Waals surface area contributed by atoms with Crippen molar-refractivity contribution in [3.63, 3.8) is 0 Å². The summed E-state index contributed by atoms with van der Waals surface area (Å²) >= 11 is 0. The van der Waals surface area contributed by atoms with Crippen molar-refractivity contribution < 1.29 is 33.0 Å². The number of carbonyl (C=O) groups excluding carboxylic acids is 3. The summed E-state index contributed by atoms with van der Waals surface area (Å²) in [6.45, 7) is 0. The monoisotopic (exact) mass is 344 g/mol. The SMILES string of the molecule is COC(=O)C(=Cc1ccc(-c2cccc(C(=O)OC)c2)o1)C(=O)OC. The molecule has 0 fully saturated rings. The lowest BCUT2D eigenvalue weighted by Gasteiger charge is -2.03. The van der Waals surface area contributed by atoms with Crippen LogP contribution in [0.1, 0.15) is 16.1 Å². The van der Waals surface area contributed by atoms with Gasteiger partial charge >= 0.3 is 17.9 Å². The average molecular weight is 344 g/mol. The van der Waals surface area contributed by atoms with Crippen LogP contribution >= 0.6 is 0 Å². The fraction of sp³-hybridized carbons (Fsp3) is 0.167. The number of rotatable bonds is 5. The van der Waals surface area contributed by atoms with Crippen LogP contribution in [-0.2, 0) is 23.8 Å². The second-order valence-electron chi connectivity index (χ2n) is 4.82. The number of carbonyl (C=O) groups is 3. The third-order valence-electron chi connectivity index (χ3n) is 3.29. The Morgan fingerprint density at radius 2 is 1.60 bits per heavy atom. The van der Waals surface area contributed by atoms with Gasteiger partial charge in [0.25, 0.3) is 0 Å². The molecule has 0 unspecified atom stereocenters. The van der Waals surface area contributed by atoms with Gasteiger partial charge in [-0.25, -0.2) is 14.4 Å². The van der Waals surface area contributed by atoms with Gasteiger partial charge < -0.3 is 18.6 Å². The third kappa shape index (κ3) is 4.14. The molecule has 0 saturated heterocycles. The summed E-state index contributed by atoms with van der Waals surface area (Å²) in [4.78, 5) is 34.9. The molecule has 7 nitrogen and oxygen atoms in total. The Balaban J connectivity index is 2.36. The van der Waals surface area contributed by atoms with E-state index in [-0.39, 0.29) is 11.3 Å². The maximum atomic E-state index is 11.7. The van der Waals surface area contributed by atoms with E-state index in [2.05, 4.69) is 14.2 Å². The lowest BCUT2D eigenvalue weighted by Crippen LogP contribution is -2.15. The first-order chi connectivity index (χ1) is 12.0. The zero-order valence-electron chi connectivity index (χ0n) is 13.9. The fourth-order valence-electron chi connectivity index (χ4n) is 2.07. The number of ether oxygens (including phenoxy) is 3. The highest BCUT2D eigenvalue weighted by Gasteiger charge is 2.20. The van der Waals surface area contributed by atoms with Crippen LogP contribution in [0, 0.1) is 0 Å². The maximum Gasteiger partial charge on any atom is 0.345 e. The summed E-state index contributed by atoms with van der Waals surface area (Å²) in [7, 11) is 3.61. The number of benzene rings is 1. The van der Waals surface area contributed by atoms with Crippen molar-refractivity contribution in [2.24, 2.45) is 0 Å². The van der Waals surface area contributed by atoms with Crippen LogP contribution in [0.15, 0.2) is 46.4 Å². The molecule has 0 amide bonds. The summed E-state index contributed by atoms with van der Waals surface area (Å²) in [5.74, 6) is -1.43. The lowest BCUT2D eigenvalue weighted by atomic mass is 10.1. The first-order valence-electron chi connectivity index (χ1n) is 7.17. The van der Waals surface area contributed by atoms with E-state index in [9.17, 15) is 14.4 Å². The molecule has 0 aliphatic carbocycles. The van der Waals surface area contributed by atoms with Crippen molar-refractivity contribution >= 4 is 24.0 Å². The standard InChI is InChI=1S/C18H16O7/c1-22-16(19)12-6-4-5-11(9-12)15-8-7-13(25-15)10-14(17(20)23-2)18(21)24-3/h4-10H,1-3H3. The van der Waals surface area contributed by atoms with E-state index >= 15 is 0 Å². The predicted molar refractivity (Wildman–Crippen MR) is 87.5 cm³/mol. The second-order valence-corrected chi connectivity index (χ2v) is 4.82. The van der Waals surface area contributed by atoms with E-state index in [4.69, 9.17) is 4.42 Å². The molecular formula is C18H16O7. The van der Waals surface area contributed by atoms with Crippen molar-refractivity contribution in [1.82, 2.24) is 0 Å². The van der Waals surface area contributed by atoms with Crippen LogP contribution in [-0.4, -0.2) is 39.2 Å². The van der Waals surface area contributed by atoms with E-state index in [0.29, 0.717) is 16.9 Å². The van der Waals surface area contributed by atoms with Gasteiger partial charge in [-0.3, -0.25) is 0 Å². The van der Waals surface area contributed by atoms with Crippen LogP contribution < -0.4 is 0 Å². The number of methoxy groups -OCH3 is 3. The summed E-state index contributed by atoms with van der Waals surface area (Å²) in [5.41, 5.74) is 0.716. The Kier molecular flexibility index (Phi) is 5.73. The maximum absolute atomic E-state index is 11.7. The van der Waals surface area contributed by atoms with Crippen LogP contribution in [0.2, 0.25) is 0 Å². The Labute approximate surface area is 143 Å². The van der Waals surface area contributed by atoms with Gasteiger partial charge in [0.05, 0.1) is 26.9 Å². The molecule has 1 aromatic carbocycles. The quantitative estimate of drug-likeness (QED) is 0.270. The molecule has 0 saturated carbocycles. The summed E-state index contributed by atoms with van der Waals surface area (Å²) in [6, 6.07) is 9.89. The van der Waals surface area contributed by atoms with Crippen molar-refractivity contribution in [2.75, 3.05) is 21.3 Å². The zero-order valence-corrected chi connectivity index (χ0v) is 13.9. The Morgan fingerprint density at radius 1 is 0.920 bits per heavy atom. The molecular weight excluding hydrogens is 328 g/mol. The van der Waals surface area contributed by atoms with Gasteiger partial charge in [0.2, 0.25) is 0 Å². The molecule has 25 heavy (non-hydrogen) atoms. The first-order valence-corrected chi connectivity index (χ1v) is 7.17. The van der Waals surface area contributed by atoms with Gasteiger partial charge in [-0.15, -0.1) is 0 Å². The minimum Gasteiger partial charge on any atom is -0.465 e. The summed E-state index contributed by atoms with van der Waals surface area (Å²) < 4.78 is 19.4. The molecule has 0 bridgehead atoms. The number of furan rings is 1. The van der Waals surface area contributed by atoms with Crippen molar-refractivity contribution in [3.8, 4) is 11.3 Å². The van der Waals surface area contributed by atoms with E-state index in [1.54, 1.807) is 36.4 Å². The molecule has 2 aromatic rings. The van der Waals surface area contributed by atoms with Gasteiger partial charge in [-0.1, -0.05) is 12.1 Å². The van der Waals surface area contributed by atoms with E-state index in [1.807, 2.05) is 0 Å². The van der Waals surface area contributed by atoms with Crippen molar-refractivity contribution in [1.29, 1.82) is 0 Å². The molecule has 0 N–H and O–H groups in total. The second kappa shape index (κ2) is 7.96. The van der Waals surface area contributed by atoms with Crippen LogP contribution in [0.25, 0.3) is 17.4 Å². The average Bonchev–Trinajstić information content (AvgIpc) is 3.13. The van der Waals surface area contributed by atoms with E-state index in [1.165, 1.54) is 13.2 Å². The first kappa shape index (κ1) is 18.0. The van der Waals surface area contributed by atoms with Crippen LogP contribution in [0.5, 0.6) is 0 Å². The van der Waals surface area contributed by atoms with Gasteiger partial charge in [-0.05, 0) is 24.3 Å². The topological polar surface area (TPSA) is 92.0 Å². The van der Waals surface area contributed by atoms with Gasteiger partial charge in [0.15, 0.2) is 0 Å². The minimum absolute atomic E-state index is 0.254. The summed E-state index contributed by atoms with van der Waals surface area (Å²) in [5, 5.41) is 0. The summed E-state index contributed by atoms with van der Waals surface area (Å²) in [6.07, 6.45) is 1.23. The van der Waals surface area contributed by atoms with Gasteiger partial charge in [0.1, 0.15) is 17.1 Å². The Hall–Kier alpha value is -3.35. The van der Waals surface area contributed by atoms with Gasteiger partial charge in [0, 0.05) is 11.6 Å². The number of hydrogen-bond donors (Lipinski definition) is 0. The van der Waals surface area contributed by atoms with E-state index < -0.39 is 17.9 Å². The molecule has 130 valence electrons. The Morgan fingerprint density at radius 3 is 2.20 bits per heavy atom. The molecule has 0 atom stereocenters. The van der Waals surface area contributed by atoms with Crippen LogP contribution in [0.4, 0.5) is 0 Å². The molecule has 2 rings (SSSR count). The fourth-order valence-corrected chi connectivity index (χ4v) is 2.07. The van der Waals surface area contributed by atoms with E-state index in [0.717, 1.165) is 14.2 Å². The molecule has 0 spiro atoms. The highest BCUT2D eigenvalue weighted by Crippen LogP contribution is 2.25. The smallest absolute Gasteiger partial charge is 0.345 e. The molecule has 7 heteroatoms. The normalized spacial score (nSPS) is 9.88. The number of hydrogen-bond acceptors (Lipinski definition) is 7. The Bertz CT molecular complexity index is 811. The lowest BCUT2D eigenvalue weighted by molar-refractivity contribution is -0.143. The highest BCUT2D eigenvalue weighted by atomic mass is 16.5. The highest BCUT2D eigenvalue weighted by molar-refractivity contribution is 6.17. The molecule has 0 aliphatic rings. The molecule has 0 radical (unpaired) electrons. The molecule has 1 heterocycles. The largest absolute Gasteiger partial charge is 0.465 e. The molecule has 0 aliphatic heterocycles. The third-order valence-corrected chi connectivity index (χ3v) is 3.29. The van der Waals surface area contributed by atoms with Gasteiger partial charge in [-0.2, -0.15) is 0 Å². The van der Waals surface area contributed by atoms with Crippen LogP contribution in [0.3, 0.4) is 0 Å². The van der Waals surface area contributed by atoms with Crippen molar-refractivity contribution in [3.05, 3.63) is 53.3 Å². The van der Waals surface area contributed by atoms with Crippen molar-refractivity contribution in [2.45, 2.75) is 0 Å². The predicted octanol–water partition coefficient (Wildman–Crippen LogP) is 2.46. The minimum atomic E-state index is -0.836. The molecule has 1 aromatic heterocycles.